The molecule has 1 amide bonds. The van der Waals surface area contributed by atoms with Crippen LogP contribution in [0.2, 0.25) is 0 Å². The Morgan fingerprint density at radius 2 is 2.17 bits per heavy atom. The van der Waals surface area contributed by atoms with Crippen molar-refractivity contribution >= 4 is 17.6 Å². The van der Waals surface area contributed by atoms with Gasteiger partial charge in [-0.15, -0.1) is 6.42 Å². The molecule has 1 aromatic heterocycles. The number of benzene rings is 1. The van der Waals surface area contributed by atoms with Gasteiger partial charge in [-0.2, -0.15) is 0 Å². The summed E-state index contributed by atoms with van der Waals surface area (Å²) in [5.41, 5.74) is 1.37. The number of guanidine groups is 1. The Balaban J connectivity index is 1.79. The first-order chi connectivity index (χ1) is 11.2. The molecule has 0 bridgehead atoms. The van der Waals surface area contributed by atoms with Crippen LogP contribution in [0.3, 0.4) is 0 Å². The number of carbonyl (C=O) groups excluding carboxylic acids is 1. The minimum atomic E-state index is -0.194. The second kappa shape index (κ2) is 8.29. The van der Waals surface area contributed by atoms with E-state index in [4.69, 9.17) is 10.8 Å². The normalized spacial score (nSPS) is 10.7. The fraction of sp³-hybridized carbons (Fsp3) is 0.176. The van der Waals surface area contributed by atoms with Gasteiger partial charge in [-0.1, -0.05) is 12.0 Å². The number of terminal acetylenes is 1. The van der Waals surface area contributed by atoms with Gasteiger partial charge in [-0.25, -0.2) is 0 Å². The molecule has 0 radical (unpaired) electrons. The molecule has 0 aliphatic carbocycles. The Kier molecular flexibility index (Phi) is 5.83. The molecule has 23 heavy (non-hydrogen) atoms. The highest BCUT2D eigenvalue weighted by Gasteiger charge is 2.05. The molecule has 2 rings (SSSR count). The van der Waals surface area contributed by atoms with Crippen molar-refractivity contribution in [3.63, 3.8) is 0 Å². The SMILES string of the molecule is C#Cc1cccc(NC(=O)CNC(=NC)NCc2ccco2)c1. The third kappa shape index (κ3) is 5.25. The van der Waals surface area contributed by atoms with Crippen LogP contribution in [0.4, 0.5) is 5.69 Å². The molecular formula is C17H18N4O2. The van der Waals surface area contributed by atoms with Crippen LogP contribution in [0.15, 0.2) is 52.1 Å². The molecule has 118 valence electrons. The third-order valence-electron chi connectivity index (χ3n) is 2.96. The molecule has 2 aromatic rings. The number of amides is 1. The first-order valence-corrected chi connectivity index (χ1v) is 7.04. The van der Waals surface area contributed by atoms with Crippen LogP contribution in [-0.2, 0) is 11.3 Å². The minimum Gasteiger partial charge on any atom is -0.467 e. The Bertz CT molecular complexity index is 714. The van der Waals surface area contributed by atoms with Gasteiger partial charge in [0.1, 0.15) is 5.76 Å². The van der Waals surface area contributed by atoms with E-state index < -0.39 is 0 Å². The van der Waals surface area contributed by atoms with E-state index in [9.17, 15) is 4.79 Å². The molecule has 1 aromatic carbocycles. The molecule has 3 N–H and O–H groups in total. The summed E-state index contributed by atoms with van der Waals surface area (Å²) in [6.07, 6.45) is 6.93. The number of hydrogen-bond acceptors (Lipinski definition) is 3. The van der Waals surface area contributed by atoms with E-state index in [0.717, 1.165) is 5.76 Å². The summed E-state index contributed by atoms with van der Waals surface area (Å²) >= 11 is 0. The van der Waals surface area contributed by atoms with E-state index in [0.29, 0.717) is 23.8 Å². The monoisotopic (exact) mass is 310 g/mol. The van der Waals surface area contributed by atoms with Crippen molar-refractivity contribution in [2.45, 2.75) is 6.54 Å². The van der Waals surface area contributed by atoms with Crippen molar-refractivity contribution in [3.8, 4) is 12.3 Å². The fourth-order valence-electron chi connectivity index (χ4n) is 1.86. The number of furan rings is 1. The molecule has 0 aliphatic rings. The smallest absolute Gasteiger partial charge is 0.243 e. The molecular weight excluding hydrogens is 292 g/mol. The summed E-state index contributed by atoms with van der Waals surface area (Å²) in [5.74, 6) is 3.62. The number of rotatable bonds is 5. The Morgan fingerprint density at radius 1 is 1.30 bits per heavy atom. The Hall–Kier alpha value is -3.20. The van der Waals surface area contributed by atoms with E-state index >= 15 is 0 Å². The maximum atomic E-state index is 11.9. The lowest BCUT2D eigenvalue weighted by Gasteiger charge is -2.11. The predicted octanol–water partition coefficient (Wildman–Crippen LogP) is 1.56. The minimum absolute atomic E-state index is 0.0815. The topological polar surface area (TPSA) is 78.7 Å². The standard InChI is InChI=1S/C17H18N4O2/c1-3-13-6-4-7-14(10-13)21-16(22)12-20-17(18-2)19-11-15-8-5-9-23-15/h1,4-10H,11-12H2,2H3,(H,21,22)(H2,18,19,20). The van der Waals surface area contributed by atoms with Crippen LogP contribution in [0.1, 0.15) is 11.3 Å². The van der Waals surface area contributed by atoms with Crippen molar-refractivity contribution < 1.29 is 9.21 Å². The van der Waals surface area contributed by atoms with Crippen LogP contribution in [0.5, 0.6) is 0 Å². The van der Waals surface area contributed by atoms with Crippen molar-refractivity contribution in [1.29, 1.82) is 0 Å². The third-order valence-corrected chi connectivity index (χ3v) is 2.96. The molecule has 0 atom stereocenters. The van der Waals surface area contributed by atoms with Gasteiger partial charge < -0.3 is 20.4 Å². The highest BCUT2D eigenvalue weighted by atomic mass is 16.3. The predicted molar refractivity (Wildman–Crippen MR) is 89.9 cm³/mol. The summed E-state index contributed by atoms with van der Waals surface area (Å²) in [5, 5.41) is 8.74. The summed E-state index contributed by atoms with van der Waals surface area (Å²) in [6, 6.07) is 10.8. The lowest BCUT2D eigenvalue weighted by Crippen LogP contribution is -2.41. The maximum Gasteiger partial charge on any atom is 0.243 e. The molecule has 6 heteroatoms. The summed E-state index contributed by atoms with van der Waals surface area (Å²) < 4.78 is 5.21. The number of hydrogen-bond donors (Lipinski definition) is 3. The summed E-state index contributed by atoms with van der Waals surface area (Å²) in [7, 11) is 1.63. The van der Waals surface area contributed by atoms with Gasteiger partial charge in [0.15, 0.2) is 5.96 Å². The lowest BCUT2D eigenvalue weighted by atomic mass is 10.2. The van der Waals surface area contributed by atoms with Gasteiger partial charge >= 0.3 is 0 Å². The van der Waals surface area contributed by atoms with E-state index in [1.54, 1.807) is 37.6 Å². The molecule has 0 saturated carbocycles. The molecule has 0 unspecified atom stereocenters. The number of anilines is 1. The van der Waals surface area contributed by atoms with E-state index in [-0.39, 0.29) is 12.5 Å². The van der Waals surface area contributed by atoms with Crippen LogP contribution in [0.25, 0.3) is 0 Å². The first kappa shape index (κ1) is 16.2. The molecule has 0 aliphatic heterocycles. The number of aliphatic imine (C=N–C) groups is 1. The van der Waals surface area contributed by atoms with Crippen molar-refractivity contribution in [1.82, 2.24) is 10.6 Å². The van der Waals surface area contributed by atoms with Gasteiger partial charge in [0.05, 0.1) is 19.4 Å². The van der Waals surface area contributed by atoms with Crippen LogP contribution in [-0.4, -0.2) is 25.5 Å². The Labute approximate surface area is 135 Å². The van der Waals surface area contributed by atoms with Gasteiger partial charge in [-0.3, -0.25) is 9.79 Å². The number of carbonyl (C=O) groups is 1. The first-order valence-electron chi connectivity index (χ1n) is 7.04. The zero-order valence-electron chi connectivity index (χ0n) is 12.8. The highest BCUT2D eigenvalue weighted by molar-refractivity contribution is 5.95. The largest absolute Gasteiger partial charge is 0.467 e. The molecule has 0 saturated heterocycles. The molecule has 1 heterocycles. The zero-order chi connectivity index (χ0) is 16.5. The zero-order valence-corrected chi connectivity index (χ0v) is 12.8. The van der Waals surface area contributed by atoms with E-state index in [1.807, 2.05) is 12.1 Å². The maximum absolute atomic E-state index is 11.9. The van der Waals surface area contributed by atoms with Crippen LogP contribution in [0, 0.1) is 12.3 Å². The summed E-state index contributed by atoms with van der Waals surface area (Å²) in [6.45, 7) is 0.566. The van der Waals surface area contributed by atoms with Gasteiger partial charge in [0, 0.05) is 18.3 Å². The quantitative estimate of drug-likeness (QED) is 0.445. The van der Waals surface area contributed by atoms with E-state index in [1.165, 1.54) is 0 Å². The lowest BCUT2D eigenvalue weighted by molar-refractivity contribution is -0.115. The average molecular weight is 310 g/mol. The van der Waals surface area contributed by atoms with Gasteiger partial charge in [-0.05, 0) is 30.3 Å². The molecule has 0 fully saturated rings. The summed E-state index contributed by atoms with van der Waals surface area (Å²) in [4.78, 5) is 16.0. The molecule has 6 nitrogen and oxygen atoms in total. The van der Waals surface area contributed by atoms with Crippen molar-refractivity contribution in [2.75, 3.05) is 18.9 Å². The van der Waals surface area contributed by atoms with Crippen molar-refractivity contribution in [2.24, 2.45) is 4.99 Å². The average Bonchev–Trinajstić information content (AvgIpc) is 3.08. The fourth-order valence-corrected chi connectivity index (χ4v) is 1.86. The van der Waals surface area contributed by atoms with E-state index in [2.05, 4.69) is 26.9 Å². The number of nitrogens with zero attached hydrogens (tertiary/aromatic N) is 1. The van der Waals surface area contributed by atoms with Crippen molar-refractivity contribution in [3.05, 3.63) is 54.0 Å². The molecule has 0 spiro atoms. The number of nitrogens with one attached hydrogen (secondary N) is 3. The van der Waals surface area contributed by atoms with Crippen LogP contribution < -0.4 is 16.0 Å². The Morgan fingerprint density at radius 3 is 2.87 bits per heavy atom. The van der Waals surface area contributed by atoms with Gasteiger partial charge in [0.25, 0.3) is 0 Å². The van der Waals surface area contributed by atoms with Crippen LogP contribution >= 0.6 is 0 Å². The second-order valence-corrected chi connectivity index (χ2v) is 4.63. The second-order valence-electron chi connectivity index (χ2n) is 4.63. The highest BCUT2D eigenvalue weighted by Crippen LogP contribution is 2.09. The van der Waals surface area contributed by atoms with Gasteiger partial charge in [0.2, 0.25) is 5.91 Å².